The van der Waals surface area contributed by atoms with Crippen LogP contribution in [0.4, 0.5) is 0 Å². The van der Waals surface area contributed by atoms with Crippen molar-refractivity contribution in [1.29, 1.82) is 0 Å². The van der Waals surface area contributed by atoms with Crippen LogP contribution < -0.4 is 0 Å². The molecule has 0 aromatic heterocycles. The Morgan fingerprint density at radius 3 is 2.16 bits per heavy atom. The van der Waals surface area contributed by atoms with Crippen LogP contribution in [0, 0.1) is 17.3 Å². The Morgan fingerprint density at radius 2 is 1.53 bits per heavy atom. The van der Waals surface area contributed by atoms with E-state index in [2.05, 4.69) is 53.0 Å². The fourth-order valence-electron chi connectivity index (χ4n) is 5.55. The molecule has 0 bridgehead atoms. The molecule has 1 aliphatic heterocycles. The van der Waals surface area contributed by atoms with Crippen LogP contribution in [0.3, 0.4) is 0 Å². The molecular weight excluding hydrogens is 392 g/mol. The Kier molecular flexibility index (Phi) is 8.42. The van der Waals surface area contributed by atoms with Crippen LogP contribution in [0.2, 0.25) is 0 Å². The van der Waals surface area contributed by atoms with Gasteiger partial charge in [0.05, 0.1) is 11.2 Å². The molecule has 3 rings (SSSR count). The number of hydrogen-bond acceptors (Lipinski definition) is 2. The highest BCUT2D eigenvalue weighted by atomic mass is 16.5. The third-order valence-electron chi connectivity index (χ3n) is 8.10. The zero-order valence-corrected chi connectivity index (χ0v) is 21.0. The van der Waals surface area contributed by atoms with Crippen molar-refractivity contribution in [3.8, 4) is 0 Å². The molecule has 32 heavy (non-hydrogen) atoms. The largest absolute Gasteiger partial charge is 0.497 e. The molecule has 0 aromatic carbocycles. The van der Waals surface area contributed by atoms with Gasteiger partial charge in [-0.3, -0.25) is 4.79 Å². The second kappa shape index (κ2) is 10.9. The van der Waals surface area contributed by atoms with Crippen molar-refractivity contribution in [3.05, 3.63) is 58.9 Å². The molecule has 176 valence electrons. The molecule has 0 aromatic rings. The van der Waals surface area contributed by atoms with Crippen molar-refractivity contribution >= 4 is 5.78 Å². The highest BCUT2D eigenvalue weighted by molar-refractivity contribution is 5.86. The van der Waals surface area contributed by atoms with E-state index in [1.807, 2.05) is 0 Å². The van der Waals surface area contributed by atoms with Crippen molar-refractivity contribution in [2.24, 2.45) is 17.3 Å². The first-order valence-corrected chi connectivity index (χ1v) is 12.7. The average Bonchev–Trinajstić information content (AvgIpc) is 2.74. The summed E-state index contributed by atoms with van der Waals surface area (Å²) in [5.74, 6) is 2.22. The van der Waals surface area contributed by atoms with E-state index in [-0.39, 0.29) is 11.3 Å². The standard InChI is InChI=1S/C30H44O2/c1-21(2)25-14-12-23(5)9-7-11-27-19-30(20-32-28(27)17-25)16-8-10-24(6)13-15-26(22(3)4)18-29(30)31/h12-13,25-26H,1,3,7-11,14-20H2,2,4-6H3/b23-12-,24-13-/t25-,26+,30?/m0/s1. The lowest BCUT2D eigenvalue weighted by atomic mass is 9.68. The van der Waals surface area contributed by atoms with E-state index in [1.54, 1.807) is 0 Å². The van der Waals surface area contributed by atoms with Crippen LogP contribution in [-0.4, -0.2) is 12.4 Å². The van der Waals surface area contributed by atoms with Gasteiger partial charge in [0, 0.05) is 12.8 Å². The molecule has 1 heterocycles. The number of allylic oxidation sites excluding steroid dienone is 8. The minimum atomic E-state index is -0.363. The average molecular weight is 437 g/mol. The summed E-state index contributed by atoms with van der Waals surface area (Å²) in [5.41, 5.74) is 6.32. The quantitative estimate of drug-likeness (QED) is 0.406. The first-order valence-electron chi connectivity index (χ1n) is 12.7. The molecule has 2 aliphatic carbocycles. The Hall–Kier alpha value is -1.83. The Morgan fingerprint density at radius 1 is 0.938 bits per heavy atom. The van der Waals surface area contributed by atoms with E-state index in [0.717, 1.165) is 75.5 Å². The number of carbonyl (C=O) groups excluding carboxylic acids is 1. The lowest BCUT2D eigenvalue weighted by molar-refractivity contribution is -0.134. The monoisotopic (exact) mass is 436 g/mol. The molecule has 0 saturated carbocycles. The second-order valence-electron chi connectivity index (χ2n) is 11.0. The maximum atomic E-state index is 13.8. The maximum absolute atomic E-state index is 13.8. The summed E-state index contributed by atoms with van der Waals surface area (Å²) in [6, 6.07) is 0. The van der Waals surface area contributed by atoms with Gasteiger partial charge in [-0.25, -0.2) is 0 Å². The van der Waals surface area contributed by atoms with Crippen LogP contribution in [0.5, 0.6) is 0 Å². The summed E-state index contributed by atoms with van der Waals surface area (Å²) in [7, 11) is 0. The molecule has 3 atom stereocenters. The van der Waals surface area contributed by atoms with E-state index in [0.29, 0.717) is 24.7 Å². The molecule has 1 unspecified atom stereocenters. The zero-order chi connectivity index (χ0) is 23.3. The molecule has 0 saturated heterocycles. The molecule has 0 amide bonds. The van der Waals surface area contributed by atoms with Gasteiger partial charge in [-0.15, -0.1) is 0 Å². The van der Waals surface area contributed by atoms with Gasteiger partial charge < -0.3 is 4.74 Å². The Bertz CT molecular complexity index is 837. The van der Waals surface area contributed by atoms with Crippen LogP contribution >= 0.6 is 0 Å². The van der Waals surface area contributed by atoms with Crippen molar-refractivity contribution in [2.45, 2.75) is 98.3 Å². The molecule has 2 heteroatoms. The van der Waals surface area contributed by atoms with Gasteiger partial charge in [0.2, 0.25) is 0 Å². The van der Waals surface area contributed by atoms with E-state index in [9.17, 15) is 4.79 Å². The summed E-state index contributed by atoms with van der Waals surface area (Å²) < 4.78 is 6.54. The summed E-state index contributed by atoms with van der Waals surface area (Å²) in [4.78, 5) is 13.8. The molecule has 3 aliphatic rings. The lowest BCUT2D eigenvalue weighted by Gasteiger charge is -2.40. The van der Waals surface area contributed by atoms with Gasteiger partial charge in [0.1, 0.15) is 12.4 Å². The minimum absolute atomic E-state index is 0.243. The van der Waals surface area contributed by atoms with Crippen LogP contribution in [0.1, 0.15) is 98.3 Å². The smallest absolute Gasteiger partial charge is 0.143 e. The highest BCUT2D eigenvalue weighted by Gasteiger charge is 2.43. The highest BCUT2D eigenvalue weighted by Crippen LogP contribution is 2.45. The van der Waals surface area contributed by atoms with E-state index in [1.165, 1.54) is 22.3 Å². The third-order valence-corrected chi connectivity index (χ3v) is 8.10. The van der Waals surface area contributed by atoms with E-state index < -0.39 is 0 Å². The second-order valence-corrected chi connectivity index (χ2v) is 11.0. The number of ether oxygens (including phenoxy) is 1. The van der Waals surface area contributed by atoms with Gasteiger partial charge in [0.15, 0.2) is 0 Å². The first kappa shape index (κ1) is 24.8. The SMILES string of the molecule is C=C(C)[C@@H]1C/C=C(/C)CCCC2(COC3=C(CCC/C(C)=C\C[C@H](C(=C)C)C3)C2)C(=O)C1. The first-order chi connectivity index (χ1) is 15.2. The molecule has 0 fully saturated rings. The predicted octanol–water partition coefficient (Wildman–Crippen LogP) is 8.42. The van der Waals surface area contributed by atoms with Gasteiger partial charge in [0.25, 0.3) is 0 Å². The molecule has 0 radical (unpaired) electrons. The van der Waals surface area contributed by atoms with Crippen LogP contribution in [-0.2, 0) is 9.53 Å². The fourth-order valence-corrected chi connectivity index (χ4v) is 5.55. The van der Waals surface area contributed by atoms with Crippen molar-refractivity contribution < 1.29 is 9.53 Å². The molecular formula is C30H44O2. The predicted molar refractivity (Wildman–Crippen MR) is 135 cm³/mol. The summed E-state index contributed by atoms with van der Waals surface area (Å²) in [6.07, 6.45) is 15.5. The van der Waals surface area contributed by atoms with Gasteiger partial charge in [-0.05, 0) is 103 Å². The summed E-state index contributed by atoms with van der Waals surface area (Å²) >= 11 is 0. The number of ketones is 1. The fraction of sp³-hybridized carbons (Fsp3) is 0.633. The van der Waals surface area contributed by atoms with Crippen molar-refractivity contribution in [3.63, 3.8) is 0 Å². The number of rotatable bonds is 2. The molecule has 0 N–H and O–H groups in total. The van der Waals surface area contributed by atoms with Gasteiger partial charge in [-0.2, -0.15) is 0 Å². The summed E-state index contributed by atoms with van der Waals surface area (Å²) in [5, 5.41) is 0. The van der Waals surface area contributed by atoms with Gasteiger partial charge >= 0.3 is 0 Å². The minimum Gasteiger partial charge on any atom is -0.497 e. The normalized spacial score (nSPS) is 33.8. The Labute approximate surface area is 196 Å². The zero-order valence-electron chi connectivity index (χ0n) is 21.0. The van der Waals surface area contributed by atoms with Crippen molar-refractivity contribution in [2.75, 3.05) is 6.61 Å². The lowest BCUT2D eigenvalue weighted by Crippen LogP contribution is -2.40. The van der Waals surface area contributed by atoms with Gasteiger partial charge in [-0.1, -0.05) is 47.6 Å². The van der Waals surface area contributed by atoms with E-state index >= 15 is 0 Å². The Balaban J connectivity index is 1.89. The summed E-state index contributed by atoms with van der Waals surface area (Å²) in [6.45, 7) is 17.7. The molecule has 1 spiro atoms. The molecule has 2 nitrogen and oxygen atoms in total. The van der Waals surface area contributed by atoms with Crippen LogP contribution in [0.15, 0.2) is 58.9 Å². The van der Waals surface area contributed by atoms with Crippen LogP contribution in [0.25, 0.3) is 0 Å². The maximum Gasteiger partial charge on any atom is 0.143 e. The van der Waals surface area contributed by atoms with Crippen molar-refractivity contribution in [1.82, 2.24) is 0 Å². The number of hydrogen-bond donors (Lipinski definition) is 0. The third kappa shape index (κ3) is 6.15. The number of Topliss-reactive ketones (excluding diaryl/α,β-unsaturated/α-hetero) is 1. The number of carbonyl (C=O) groups is 1. The van der Waals surface area contributed by atoms with E-state index in [4.69, 9.17) is 4.74 Å². The topological polar surface area (TPSA) is 26.3 Å².